The van der Waals surface area contributed by atoms with Gasteiger partial charge in [-0.3, -0.25) is 9.59 Å². The molecule has 18 heavy (non-hydrogen) atoms. The Bertz CT molecular complexity index is 568. The van der Waals surface area contributed by atoms with Gasteiger partial charge >= 0.3 is 12.1 Å². The quantitative estimate of drug-likeness (QED) is 0.358. The van der Waals surface area contributed by atoms with Gasteiger partial charge in [-0.05, 0) is 11.4 Å². The first-order chi connectivity index (χ1) is 8.32. The molecule has 0 spiro atoms. The van der Waals surface area contributed by atoms with Crippen LogP contribution < -0.4 is 0 Å². The fourth-order valence-electron chi connectivity index (χ4n) is 1.33. The standard InChI is InChI=1S/C10H3F3O4S/c11-10(12,13)8-5(7(15)9(16)17-8)6(14)4-2-1-3-18-4/h1-3H. The maximum Gasteiger partial charge on any atom is 0.450 e. The number of allylic oxidation sites excluding steroid dienone is 1. The van der Waals surface area contributed by atoms with E-state index in [1.807, 2.05) is 0 Å². The molecule has 0 aliphatic carbocycles. The summed E-state index contributed by atoms with van der Waals surface area (Å²) in [5.74, 6) is -6.26. The lowest BCUT2D eigenvalue weighted by Crippen LogP contribution is -2.17. The van der Waals surface area contributed by atoms with Crippen molar-refractivity contribution < 1.29 is 32.3 Å². The number of thiophene rings is 1. The Kier molecular flexibility index (Phi) is 2.81. The highest BCUT2D eigenvalue weighted by molar-refractivity contribution is 7.12. The average molecular weight is 276 g/mol. The Morgan fingerprint density at radius 3 is 2.44 bits per heavy atom. The Morgan fingerprint density at radius 1 is 1.28 bits per heavy atom. The molecule has 0 bridgehead atoms. The summed E-state index contributed by atoms with van der Waals surface area (Å²) in [4.78, 5) is 33.8. The van der Waals surface area contributed by atoms with Crippen molar-refractivity contribution in [3.63, 3.8) is 0 Å². The topological polar surface area (TPSA) is 60.4 Å². The van der Waals surface area contributed by atoms with Crippen LogP contribution in [-0.2, 0) is 14.3 Å². The van der Waals surface area contributed by atoms with Gasteiger partial charge in [0, 0.05) is 0 Å². The molecule has 0 saturated carbocycles. The lowest BCUT2D eigenvalue weighted by atomic mass is 10.1. The highest BCUT2D eigenvalue weighted by Gasteiger charge is 2.50. The minimum atomic E-state index is -5.07. The van der Waals surface area contributed by atoms with Crippen molar-refractivity contribution >= 4 is 28.9 Å². The number of rotatable bonds is 2. The zero-order valence-corrected chi connectivity index (χ0v) is 9.22. The van der Waals surface area contributed by atoms with Gasteiger partial charge in [-0.15, -0.1) is 11.3 Å². The third kappa shape index (κ3) is 1.94. The molecule has 0 fully saturated rings. The first-order valence-corrected chi connectivity index (χ1v) is 5.36. The summed E-state index contributed by atoms with van der Waals surface area (Å²) in [7, 11) is 0. The van der Waals surface area contributed by atoms with Crippen molar-refractivity contribution in [3.05, 3.63) is 33.7 Å². The minimum Gasteiger partial charge on any atom is -0.414 e. The fourth-order valence-corrected chi connectivity index (χ4v) is 2.00. The molecule has 0 atom stereocenters. The maximum absolute atomic E-state index is 12.5. The molecule has 94 valence electrons. The summed E-state index contributed by atoms with van der Waals surface area (Å²) in [6, 6.07) is 2.69. The second-order valence-corrected chi connectivity index (χ2v) is 4.17. The second-order valence-electron chi connectivity index (χ2n) is 3.23. The van der Waals surface area contributed by atoms with Crippen molar-refractivity contribution in [2.75, 3.05) is 0 Å². The fraction of sp³-hybridized carbons (Fsp3) is 0.100. The predicted octanol–water partition coefficient (Wildman–Crippen LogP) is 1.87. The van der Waals surface area contributed by atoms with Crippen LogP contribution in [0.4, 0.5) is 13.2 Å². The van der Waals surface area contributed by atoms with E-state index >= 15 is 0 Å². The second kappa shape index (κ2) is 4.05. The van der Waals surface area contributed by atoms with E-state index in [4.69, 9.17) is 0 Å². The molecule has 1 aliphatic heterocycles. The van der Waals surface area contributed by atoms with E-state index in [2.05, 4.69) is 4.74 Å². The molecule has 0 radical (unpaired) electrons. The van der Waals surface area contributed by atoms with Crippen LogP contribution in [0, 0.1) is 0 Å². The number of ether oxygens (including phenoxy) is 1. The zero-order valence-electron chi connectivity index (χ0n) is 8.41. The molecule has 1 aromatic heterocycles. The number of carbonyl (C=O) groups is 3. The van der Waals surface area contributed by atoms with Crippen molar-refractivity contribution in [3.8, 4) is 0 Å². The maximum atomic E-state index is 12.5. The summed E-state index contributed by atoms with van der Waals surface area (Å²) in [5.41, 5.74) is -1.25. The van der Waals surface area contributed by atoms with E-state index in [1.54, 1.807) is 0 Å². The molecule has 0 saturated heterocycles. The van der Waals surface area contributed by atoms with E-state index in [0.717, 1.165) is 11.3 Å². The van der Waals surface area contributed by atoms with Crippen LogP contribution in [0.2, 0.25) is 0 Å². The van der Waals surface area contributed by atoms with Gasteiger partial charge in [0.05, 0.1) is 4.88 Å². The number of hydrogen-bond acceptors (Lipinski definition) is 5. The van der Waals surface area contributed by atoms with Crippen LogP contribution in [-0.4, -0.2) is 23.7 Å². The summed E-state index contributed by atoms with van der Waals surface area (Å²) in [6.07, 6.45) is -5.07. The van der Waals surface area contributed by atoms with Crippen molar-refractivity contribution in [1.29, 1.82) is 0 Å². The smallest absolute Gasteiger partial charge is 0.414 e. The lowest BCUT2D eigenvalue weighted by Gasteiger charge is -2.06. The number of carbonyl (C=O) groups excluding carboxylic acids is 3. The Morgan fingerprint density at radius 2 is 1.94 bits per heavy atom. The van der Waals surface area contributed by atoms with E-state index in [9.17, 15) is 27.6 Å². The van der Waals surface area contributed by atoms with E-state index in [0.29, 0.717) is 0 Å². The van der Waals surface area contributed by atoms with Gasteiger partial charge in [0.15, 0.2) is 0 Å². The third-order valence-corrected chi connectivity index (χ3v) is 2.93. The van der Waals surface area contributed by atoms with E-state index < -0.39 is 35.0 Å². The van der Waals surface area contributed by atoms with Crippen LogP contribution in [0.3, 0.4) is 0 Å². The molecular formula is C10H3F3O4S. The Balaban J connectivity index is 2.53. The summed E-state index contributed by atoms with van der Waals surface area (Å²) >= 11 is 0.864. The largest absolute Gasteiger partial charge is 0.450 e. The monoisotopic (exact) mass is 276 g/mol. The molecule has 0 unspecified atom stereocenters. The molecule has 8 heteroatoms. The zero-order chi connectivity index (χ0) is 13.5. The van der Waals surface area contributed by atoms with Gasteiger partial charge in [-0.25, -0.2) is 4.79 Å². The summed E-state index contributed by atoms with van der Waals surface area (Å²) in [5, 5.41) is 1.46. The van der Waals surface area contributed by atoms with Gasteiger partial charge in [0.1, 0.15) is 5.57 Å². The molecule has 0 N–H and O–H groups in total. The van der Waals surface area contributed by atoms with Gasteiger partial charge in [0.25, 0.3) is 5.78 Å². The van der Waals surface area contributed by atoms with Crippen LogP contribution in [0.5, 0.6) is 0 Å². The van der Waals surface area contributed by atoms with Crippen molar-refractivity contribution in [2.45, 2.75) is 6.18 Å². The van der Waals surface area contributed by atoms with Crippen LogP contribution >= 0.6 is 11.3 Å². The number of ketones is 2. The van der Waals surface area contributed by atoms with Gasteiger partial charge in [0.2, 0.25) is 11.5 Å². The first kappa shape index (κ1) is 12.5. The number of cyclic esters (lactones) is 1. The van der Waals surface area contributed by atoms with Crippen molar-refractivity contribution in [1.82, 2.24) is 0 Å². The highest BCUT2D eigenvalue weighted by Crippen LogP contribution is 2.35. The molecular weight excluding hydrogens is 273 g/mol. The SMILES string of the molecule is O=C1OC(C(F)(F)F)=C(C(=O)c2cccs2)C1=O. The van der Waals surface area contributed by atoms with Gasteiger partial charge in [-0.1, -0.05) is 6.07 Å². The number of halogens is 3. The molecule has 0 amide bonds. The van der Waals surface area contributed by atoms with Crippen LogP contribution in [0.15, 0.2) is 28.8 Å². The molecule has 1 aromatic rings. The normalized spacial score (nSPS) is 16.2. The van der Waals surface area contributed by atoms with Crippen LogP contribution in [0.25, 0.3) is 0 Å². The van der Waals surface area contributed by atoms with E-state index in [-0.39, 0.29) is 4.88 Å². The van der Waals surface area contributed by atoms with Crippen LogP contribution in [0.1, 0.15) is 9.67 Å². The van der Waals surface area contributed by atoms with Gasteiger partial charge < -0.3 is 4.74 Å². The molecule has 4 nitrogen and oxygen atoms in total. The summed E-state index contributed by atoms with van der Waals surface area (Å²) < 4.78 is 41.4. The Hall–Kier alpha value is -1.96. The summed E-state index contributed by atoms with van der Waals surface area (Å²) in [6.45, 7) is 0. The molecule has 0 aromatic carbocycles. The first-order valence-electron chi connectivity index (χ1n) is 4.48. The lowest BCUT2D eigenvalue weighted by molar-refractivity contribution is -0.158. The van der Waals surface area contributed by atoms with Gasteiger partial charge in [-0.2, -0.15) is 13.2 Å². The van der Waals surface area contributed by atoms with Crippen molar-refractivity contribution in [2.24, 2.45) is 0 Å². The third-order valence-electron chi connectivity index (χ3n) is 2.06. The number of alkyl halides is 3. The highest BCUT2D eigenvalue weighted by atomic mass is 32.1. The Labute approximate surface area is 102 Å². The molecule has 1 aliphatic rings. The number of esters is 1. The average Bonchev–Trinajstić information content (AvgIpc) is 2.87. The number of Topliss-reactive ketones (excluding diaryl/α,β-unsaturated/α-hetero) is 2. The number of hydrogen-bond donors (Lipinski definition) is 0. The predicted molar refractivity (Wildman–Crippen MR) is 52.8 cm³/mol. The van der Waals surface area contributed by atoms with E-state index in [1.165, 1.54) is 17.5 Å². The molecule has 2 rings (SSSR count). The molecule has 2 heterocycles. The minimum absolute atomic E-state index is 0.0709.